The van der Waals surface area contributed by atoms with Crippen molar-refractivity contribution in [1.29, 1.82) is 0 Å². The lowest BCUT2D eigenvalue weighted by Gasteiger charge is -2.15. The fourth-order valence-electron chi connectivity index (χ4n) is 1.52. The second-order valence-electron chi connectivity index (χ2n) is 4.28. The Labute approximate surface area is 126 Å². The van der Waals surface area contributed by atoms with E-state index in [4.69, 9.17) is 14.2 Å². The lowest BCUT2D eigenvalue weighted by molar-refractivity contribution is 0.235. The quantitative estimate of drug-likeness (QED) is 0.675. The van der Waals surface area contributed by atoms with Crippen LogP contribution >= 0.6 is 0 Å². The summed E-state index contributed by atoms with van der Waals surface area (Å²) in [5.74, 6) is 1.08. The van der Waals surface area contributed by atoms with E-state index >= 15 is 0 Å². The van der Waals surface area contributed by atoms with Crippen LogP contribution in [0.5, 0.6) is 0 Å². The number of amidine groups is 1. The van der Waals surface area contributed by atoms with Crippen molar-refractivity contribution in [3.8, 4) is 0 Å². The van der Waals surface area contributed by atoms with Gasteiger partial charge in [-0.3, -0.25) is 0 Å². The van der Waals surface area contributed by atoms with Crippen LogP contribution < -0.4 is 0 Å². The Morgan fingerprint density at radius 1 is 0.905 bits per heavy atom. The molecule has 1 heterocycles. The first-order valence-electron chi connectivity index (χ1n) is 6.78. The molecule has 5 nitrogen and oxygen atoms in total. The summed E-state index contributed by atoms with van der Waals surface area (Å²) in [5.41, 5.74) is 1.01. The van der Waals surface area contributed by atoms with Gasteiger partial charge in [0, 0.05) is 6.42 Å². The van der Waals surface area contributed by atoms with Crippen molar-refractivity contribution in [2.24, 2.45) is 9.98 Å². The predicted molar refractivity (Wildman–Crippen MR) is 85.3 cm³/mol. The highest BCUT2D eigenvalue weighted by molar-refractivity contribution is 5.91. The Kier molecular flexibility index (Phi) is 7.64. The molecule has 114 valence electrons. The van der Waals surface area contributed by atoms with Gasteiger partial charge in [0.05, 0.1) is 0 Å². The Morgan fingerprint density at radius 3 is 2.19 bits per heavy atom. The molecule has 0 aromatic heterocycles. The van der Waals surface area contributed by atoms with E-state index in [0.717, 1.165) is 12.0 Å². The Balaban J connectivity index is 2.98. The van der Waals surface area contributed by atoms with Crippen LogP contribution in [0, 0.1) is 0 Å². The number of allylic oxidation sites excluding steroid dienone is 1. The van der Waals surface area contributed by atoms with Gasteiger partial charge in [-0.1, -0.05) is 38.0 Å². The van der Waals surface area contributed by atoms with Gasteiger partial charge in [0.15, 0.2) is 5.90 Å². The minimum Gasteiger partial charge on any atom is -0.476 e. The second kappa shape index (κ2) is 9.58. The van der Waals surface area contributed by atoms with Gasteiger partial charge >= 0.3 is 6.02 Å². The fourth-order valence-corrected chi connectivity index (χ4v) is 1.52. The van der Waals surface area contributed by atoms with Gasteiger partial charge in [0.1, 0.15) is 19.8 Å². The first-order chi connectivity index (χ1) is 10.2. The fraction of sp³-hybridized carbons (Fsp3) is 0.375. The standard InChI is InChI=1S/C16H22N2O3/c1-5-10-19-14-9-8-13(4)15(20-11-6-2)18-16(17-14)21-12-7-3/h5-7H,1-3,8-12H2,4H3/b15-13-,17-14+,18-16+. The number of hydrogen-bond donors (Lipinski definition) is 0. The molecule has 21 heavy (non-hydrogen) atoms. The molecule has 0 saturated heterocycles. The molecule has 5 heteroatoms. The maximum atomic E-state index is 5.55. The van der Waals surface area contributed by atoms with Gasteiger partial charge in [0.2, 0.25) is 5.88 Å². The van der Waals surface area contributed by atoms with Gasteiger partial charge < -0.3 is 14.2 Å². The molecular formula is C16H22N2O3. The molecule has 0 bridgehead atoms. The van der Waals surface area contributed by atoms with E-state index in [1.54, 1.807) is 18.2 Å². The van der Waals surface area contributed by atoms with E-state index in [-0.39, 0.29) is 6.02 Å². The van der Waals surface area contributed by atoms with Crippen LogP contribution in [0.2, 0.25) is 0 Å². The van der Waals surface area contributed by atoms with E-state index in [0.29, 0.717) is 38.0 Å². The van der Waals surface area contributed by atoms with Crippen molar-refractivity contribution in [1.82, 2.24) is 0 Å². The molecule has 0 amide bonds. The lowest BCUT2D eigenvalue weighted by Crippen LogP contribution is -2.14. The zero-order valence-corrected chi connectivity index (χ0v) is 12.5. The highest BCUT2D eigenvalue weighted by atomic mass is 16.5. The van der Waals surface area contributed by atoms with Crippen LogP contribution in [0.4, 0.5) is 0 Å². The van der Waals surface area contributed by atoms with E-state index in [1.807, 2.05) is 6.92 Å². The molecule has 1 aliphatic rings. The SMILES string of the molecule is C=CCOC1=C(/C)CC\C(OCC=C)=N/C(OCC=C)=N\1. The van der Waals surface area contributed by atoms with Gasteiger partial charge in [-0.05, 0) is 18.9 Å². The van der Waals surface area contributed by atoms with Crippen LogP contribution in [-0.2, 0) is 14.2 Å². The molecule has 0 atom stereocenters. The Morgan fingerprint density at radius 2 is 1.52 bits per heavy atom. The van der Waals surface area contributed by atoms with Crippen molar-refractivity contribution < 1.29 is 14.2 Å². The smallest absolute Gasteiger partial charge is 0.323 e. The Bertz CT molecular complexity index is 476. The summed E-state index contributed by atoms with van der Waals surface area (Å²) in [5, 5.41) is 0. The average Bonchev–Trinajstić information content (AvgIpc) is 2.48. The van der Waals surface area contributed by atoms with Crippen molar-refractivity contribution in [3.63, 3.8) is 0 Å². The van der Waals surface area contributed by atoms with E-state index in [9.17, 15) is 0 Å². The van der Waals surface area contributed by atoms with Gasteiger partial charge in [-0.25, -0.2) is 0 Å². The maximum absolute atomic E-state index is 5.55. The zero-order valence-electron chi connectivity index (χ0n) is 12.5. The minimum absolute atomic E-state index is 0.201. The van der Waals surface area contributed by atoms with Gasteiger partial charge in [-0.15, -0.1) is 0 Å². The summed E-state index contributed by atoms with van der Waals surface area (Å²) >= 11 is 0. The third-order valence-corrected chi connectivity index (χ3v) is 2.53. The molecule has 0 radical (unpaired) electrons. The maximum Gasteiger partial charge on any atom is 0.323 e. The molecular weight excluding hydrogens is 268 g/mol. The summed E-state index contributed by atoms with van der Waals surface area (Å²) in [6.07, 6.45) is 6.37. The lowest BCUT2D eigenvalue weighted by atomic mass is 10.1. The summed E-state index contributed by atoms with van der Waals surface area (Å²) in [4.78, 5) is 8.60. The predicted octanol–water partition coefficient (Wildman–Crippen LogP) is 3.37. The number of ether oxygens (including phenoxy) is 3. The van der Waals surface area contributed by atoms with Crippen molar-refractivity contribution >= 4 is 11.9 Å². The molecule has 0 fully saturated rings. The zero-order chi connectivity index (χ0) is 15.5. The molecule has 1 aliphatic heterocycles. The Hall–Kier alpha value is -2.30. The normalized spacial score (nSPS) is 23.5. The molecule has 0 saturated carbocycles. The minimum atomic E-state index is 0.201. The first kappa shape index (κ1) is 16.8. The molecule has 0 spiro atoms. The molecule has 0 N–H and O–H groups in total. The molecule has 0 aromatic carbocycles. The summed E-state index contributed by atoms with van der Waals surface area (Å²) in [6.45, 7) is 13.9. The topological polar surface area (TPSA) is 52.4 Å². The number of aliphatic imine (C=N–C) groups is 2. The highest BCUT2D eigenvalue weighted by Crippen LogP contribution is 2.18. The summed E-state index contributed by atoms with van der Waals surface area (Å²) in [7, 11) is 0. The van der Waals surface area contributed by atoms with E-state index < -0.39 is 0 Å². The summed E-state index contributed by atoms with van der Waals surface area (Å²) < 4.78 is 16.5. The van der Waals surface area contributed by atoms with Crippen molar-refractivity contribution in [2.75, 3.05) is 19.8 Å². The van der Waals surface area contributed by atoms with Crippen LogP contribution in [0.25, 0.3) is 0 Å². The van der Waals surface area contributed by atoms with E-state index in [2.05, 4.69) is 29.7 Å². The average molecular weight is 290 g/mol. The van der Waals surface area contributed by atoms with Crippen LogP contribution in [0.1, 0.15) is 19.8 Å². The second-order valence-corrected chi connectivity index (χ2v) is 4.28. The van der Waals surface area contributed by atoms with Crippen LogP contribution in [-0.4, -0.2) is 31.7 Å². The van der Waals surface area contributed by atoms with Crippen molar-refractivity contribution in [2.45, 2.75) is 19.8 Å². The van der Waals surface area contributed by atoms with Crippen LogP contribution in [0.15, 0.2) is 59.4 Å². The molecule has 0 aliphatic carbocycles. The van der Waals surface area contributed by atoms with Crippen LogP contribution in [0.3, 0.4) is 0 Å². The molecule has 0 unspecified atom stereocenters. The van der Waals surface area contributed by atoms with Gasteiger partial charge in [-0.2, -0.15) is 9.98 Å². The van der Waals surface area contributed by atoms with Gasteiger partial charge in [0.25, 0.3) is 0 Å². The van der Waals surface area contributed by atoms with E-state index in [1.165, 1.54) is 0 Å². The number of rotatable bonds is 7. The number of nitrogens with zero attached hydrogens (tertiary/aromatic N) is 2. The number of hydrogen-bond acceptors (Lipinski definition) is 5. The largest absolute Gasteiger partial charge is 0.476 e. The van der Waals surface area contributed by atoms with Crippen molar-refractivity contribution in [3.05, 3.63) is 49.4 Å². The first-order valence-corrected chi connectivity index (χ1v) is 6.78. The molecule has 1 rings (SSSR count). The monoisotopic (exact) mass is 290 g/mol. The summed E-state index contributed by atoms with van der Waals surface area (Å²) in [6, 6.07) is 0.201. The third kappa shape index (κ3) is 6.12. The highest BCUT2D eigenvalue weighted by Gasteiger charge is 2.14. The molecule has 0 aromatic rings. The third-order valence-electron chi connectivity index (χ3n) is 2.53.